The molecular weight excluding hydrogens is 248 g/mol. The van der Waals surface area contributed by atoms with Crippen molar-refractivity contribution in [2.24, 2.45) is 0 Å². The molecule has 1 fully saturated rings. The van der Waals surface area contributed by atoms with Gasteiger partial charge in [0.1, 0.15) is 0 Å². The summed E-state index contributed by atoms with van der Waals surface area (Å²) in [6, 6.07) is -1.61. The average Bonchev–Trinajstić information content (AvgIpc) is 2.91. The van der Waals surface area contributed by atoms with Crippen LogP contribution >= 0.6 is 0 Å². The number of nitrogens with one attached hydrogen (secondary N) is 3. The first-order valence-electron chi connectivity index (χ1n) is 6.53. The third-order valence-corrected chi connectivity index (χ3v) is 3.15. The lowest BCUT2D eigenvalue weighted by molar-refractivity contribution is -0.132. The van der Waals surface area contributed by atoms with Crippen molar-refractivity contribution in [1.82, 2.24) is 20.9 Å². The van der Waals surface area contributed by atoms with Crippen LogP contribution in [-0.2, 0) is 9.59 Å². The highest BCUT2D eigenvalue weighted by molar-refractivity contribution is 5.97. The van der Waals surface area contributed by atoms with Crippen molar-refractivity contribution in [3.8, 4) is 0 Å². The minimum Gasteiger partial charge on any atom is -0.341 e. The molecule has 108 valence electrons. The highest BCUT2D eigenvalue weighted by atomic mass is 16.2. The third-order valence-electron chi connectivity index (χ3n) is 3.15. The van der Waals surface area contributed by atoms with Crippen LogP contribution in [0.3, 0.4) is 0 Å². The number of rotatable bonds is 4. The molecule has 19 heavy (non-hydrogen) atoms. The van der Waals surface area contributed by atoms with E-state index in [2.05, 4.69) is 16.0 Å². The lowest BCUT2D eigenvalue weighted by Gasteiger charge is -2.23. The van der Waals surface area contributed by atoms with E-state index in [4.69, 9.17) is 0 Å². The fourth-order valence-corrected chi connectivity index (χ4v) is 2.02. The number of hydrogen-bond donors (Lipinski definition) is 3. The van der Waals surface area contributed by atoms with Gasteiger partial charge in [0.15, 0.2) is 0 Å². The first-order valence-corrected chi connectivity index (χ1v) is 6.53. The average molecular weight is 270 g/mol. The monoisotopic (exact) mass is 270 g/mol. The first-order chi connectivity index (χ1) is 8.95. The summed E-state index contributed by atoms with van der Waals surface area (Å²) >= 11 is 0. The van der Waals surface area contributed by atoms with Gasteiger partial charge in [0.05, 0.1) is 12.1 Å². The Bertz CT molecular complexity index is 353. The smallest absolute Gasteiger partial charge is 0.321 e. The van der Waals surface area contributed by atoms with Crippen LogP contribution in [0.15, 0.2) is 0 Å². The van der Waals surface area contributed by atoms with Crippen molar-refractivity contribution in [3.63, 3.8) is 0 Å². The van der Waals surface area contributed by atoms with Crippen molar-refractivity contribution >= 4 is 17.8 Å². The zero-order valence-electron chi connectivity index (χ0n) is 11.7. The molecule has 0 aromatic heterocycles. The van der Waals surface area contributed by atoms with Gasteiger partial charge in [-0.3, -0.25) is 20.2 Å². The molecule has 1 rings (SSSR count). The maximum absolute atomic E-state index is 12.0. The van der Waals surface area contributed by atoms with Crippen LogP contribution in [0.2, 0.25) is 0 Å². The lowest BCUT2D eigenvalue weighted by Crippen LogP contribution is -2.53. The molecule has 2 unspecified atom stereocenters. The molecule has 1 aliphatic heterocycles. The van der Waals surface area contributed by atoms with E-state index in [1.165, 1.54) is 7.05 Å². The number of carbonyl (C=O) groups is 3. The van der Waals surface area contributed by atoms with E-state index in [-0.39, 0.29) is 5.91 Å². The first kappa shape index (κ1) is 15.4. The Hall–Kier alpha value is -1.63. The SMILES string of the molecule is CNC(=O)NC(=O)C(C)NC(C)C(=O)N1CCCC1. The molecule has 7 heteroatoms. The molecule has 2 atom stereocenters. The molecule has 0 radical (unpaired) electrons. The predicted octanol–water partition coefficient (Wildman–Crippen LogP) is -0.569. The maximum Gasteiger partial charge on any atom is 0.321 e. The summed E-state index contributed by atoms with van der Waals surface area (Å²) < 4.78 is 0. The number of hydrogen-bond acceptors (Lipinski definition) is 4. The molecule has 1 aliphatic rings. The van der Waals surface area contributed by atoms with E-state index in [9.17, 15) is 14.4 Å². The van der Waals surface area contributed by atoms with Crippen molar-refractivity contribution in [1.29, 1.82) is 0 Å². The Kier molecular flexibility index (Phi) is 5.75. The fraction of sp³-hybridized carbons (Fsp3) is 0.750. The van der Waals surface area contributed by atoms with Crippen LogP contribution in [0.25, 0.3) is 0 Å². The maximum atomic E-state index is 12.0. The van der Waals surface area contributed by atoms with Gasteiger partial charge < -0.3 is 10.2 Å². The number of nitrogens with zero attached hydrogens (tertiary/aromatic N) is 1. The minimum absolute atomic E-state index is 0.00269. The van der Waals surface area contributed by atoms with E-state index < -0.39 is 24.0 Å². The summed E-state index contributed by atoms with van der Waals surface area (Å²) in [5.74, 6) is -0.461. The molecule has 0 saturated carbocycles. The van der Waals surface area contributed by atoms with Crippen LogP contribution in [0.1, 0.15) is 26.7 Å². The molecule has 1 heterocycles. The highest BCUT2D eigenvalue weighted by Crippen LogP contribution is 2.09. The number of urea groups is 1. The molecule has 1 saturated heterocycles. The van der Waals surface area contributed by atoms with Gasteiger partial charge in [-0.25, -0.2) is 4.79 Å². The van der Waals surface area contributed by atoms with Gasteiger partial charge in [0.25, 0.3) is 0 Å². The van der Waals surface area contributed by atoms with Gasteiger partial charge in [-0.15, -0.1) is 0 Å². The van der Waals surface area contributed by atoms with Gasteiger partial charge in [-0.05, 0) is 26.7 Å². The molecule has 0 aliphatic carbocycles. The third kappa shape index (κ3) is 4.51. The summed E-state index contributed by atoms with van der Waals surface area (Å²) in [4.78, 5) is 36.5. The van der Waals surface area contributed by atoms with Crippen LogP contribution in [0.4, 0.5) is 4.79 Å². The van der Waals surface area contributed by atoms with Gasteiger partial charge in [0, 0.05) is 20.1 Å². The van der Waals surface area contributed by atoms with Crippen molar-refractivity contribution in [3.05, 3.63) is 0 Å². The van der Waals surface area contributed by atoms with Crippen molar-refractivity contribution in [2.75, 3.05) is 20.1 Å². The summed E-state index contributed by atoms with van der Waals surface area (Å²) in [5, 5.41) is 7.37. The second-order valence-corrected chi connectivity index (χ2v) is 4.71. The Labute approximate surface area is 113 Å². The van der Waals surface area contributed by atoms with E-state index in [1.807, 2.05) is 0 Å². The highest BCUT2D eigenvalue weighted by Gasteiger charge is 2.26. The predicted molar refractivity (Wildman–Crippen MR) is 70.5 cm³/mol. The fourth-order valence-electron chi connectivity index (χ4n) is 2.02. The van der Waals surface area contributed by atoms with Crippen LogP contribution in [0, 0.1) is 0 Å². The molecule has 0 spiro atoms. The summed E-state index contributed by atoms with van der Waals surface area (Å²) in [6.45, 7) is 4.91. The Morgan fingerprint density at radius 2 is 1.63 bits per heavy atom. The van der Waals surface area contributed by atoms with Gasteiger partial charge in [-0.1, -0.05) is 0 Å². The summed E-state index contributed by atoms with van der Waals surface area (Å²) in [7, 11) is 1.43. The van der Waals surface area contributed by atoms with Crippen molar-refractivity contribution in [2.45, 2.75) is 38.8 Å². The second kappa shape index (κ2) is 7.08. The molecule has 3 N–H and O–H groups in total. The number of amides is 4. The molecule has 7 nitrogen and oxygen atoms in total. The summed E-state index contributed by atoms with van der Waals surface area (Å²) in [6.07, 6.45) is 2.07. The number of carbonyl (C=O) groups excluding carboxylic acids is 3. The zero-order chi connectivity index (χ0) is 14.4. The largest absolute Gasteiger partial charge is 0.341 e. The topological polar surface area (TPSA) is 90.5 Å². The molecule has 4 amide bonds. The van der Waals surface area contributed by atoms with Crippen molar-refractivity contribution < 1.29 is 14.4 Å². The van der Waals surface area contributed by atoms with E-state index in [1.54, 1.807) is 18.7 Å². The Balaban J connectivity index is 2.41. The lowest BCUT2D eigenvalue weighted by atomic mass is 10.2. The van der Waals surface area contributed by atoms with Crippen LogP contribution in [-0.4, -0.2) is 55.0 Å². The molecule has 0 aromatic carbocycles. The van der Waals surface area contributed by atoms with Gasteiger partial charge >= 0.3 is 6.03 Å². The summed E-state index contributed by atoms with van der Waals surface area (Å²) in [5.41, 5.74) is 0. The standard InChI is InChI=1S/C12H22N4O3/c1-8(10(17)15-12(19)13-3)14-9(2)11(18)16-6-4-5-7-16/h8-9,14H,4-7H2,1-3H3,(H2,13,15,17,19). The van der Waals surface area contributed by atoms with Gasteiger partial charge in [0.2, 0.25) is 11.8 Å². The zero-order valence-corrected chi connectivity index (χ0v) is 11.7. The Morgan fingerprint density at radius 3 is 2.16 bits per heavy atom. The number of imide groups is 1. The normalized spacial score (nSPS) is 17.7. The van der Waals surface area contributed by atoms with E-state index in [0.717, 1.165) is 25.9 Å². The van der Waals surface area contributed by atoms with Crippen LogP contribution < -0.4 is 16.0 Å². The second-order valence-electron chi connectivity index (χ2n) is 4.71. The van der Waals surface area contributed by atoms with Crippen LogP contribution in [0.5, 0.6) is 0 Å². The molecular formula is C12H22N4O3. The van der Waals surface area contributed by atoms with E-state index in [0.29, 0.717) is 0 Å². The minimum atomic E-state index is -0.612. The quantitative estimate of drug-likeness (QED) is 0.638. The molecule has 0 bridgehead atoms. The van der Waals surface area contributed by atoms with E-state index >= 15 is 0 Å². The number of likely N-dealkylation sites (tertiary alicyclic amines) is 1. The van der Waals surface area contributed by atoms with Gasteiger partial charge in [-0.2, -0.15) is 0 Å². The molecule has 0 aromatic rings. The Morgan fingerprint density at radius 1 is 1.05 bits per heavy atom.